The van der Waals surface area contributed by atoms with E-state index in [2.05, 4.69) is 9.88 Å². The molecule has 19 heavy (non-hydrogen) atoms. The van der Waals surface area contributed by atoms with Gasteiger partial charge in [0.05, 0.1) is 6.10 Å². The van der Waals surface area contributed by atoms with Gasteiger partial charge in [-0.25, -0.2) is 0 Å². The van der Waals surface area contributed by atoms with Crippen LogP contribution in [0.1, 0.15) is 44.1 Å². The van der Waals surface area contributed by atoms with Crippen molar-refractivity contribution in [2.24, 2.45) is 0 Å². The van der Waals surface area contributed by atoms with Crippen LogP contribution < -0.4 is 0 Å². The van der Waals surface area contributed by atoms with E-state index in [1.165, 1.54) is 57.2 Å². The number of hydrogen-bond donors (Lipinski definition) is 1. The van der Waals surface area contributed by atoms with Crippen LogP contribution in [0.2, 0.25) is 0 Å². The second kappa shape index (κ2) is 5.59. The van der Waals surface area contributed by atoms with Crippen molar-refractivity contribution in [3.8, 4) is 0 Å². The Morgan fingerprint density at radius 2 is 1.74 bits per heavy atom. The van der Waals surface area contributed by atoms with Crippen LogP contribution in [0.5, 0.6) is 0 Å². The van der Waals surface area contributed by atoms with E-state index >= 15 is 0 Å². The molecule has 2 aliphatic rings. The van der Waals surface area contributed by atoms with Crippen molar-refractivity contribution in [3.63, 3.8) is 0 Å². The molecule has 0 amide bonds. The Hall–Kier alpha value is -0.930. The Morgan fingerprint density at radius 3 is 2.37 bits per heavy atom. The molecule has 1 aromatic rings. The summed E-state index contributed by atoms with van der Waals surface area (Å²) in [6.07, 6.45) is 11.6. The van der Waals surface area contributed by atoms with Crippen LogP contribution in [0.25, 0.3) is 0 Å². The van der Waals surface area contributed by atoms with Crippen LogP contribution in [-0.2, 0) is 6.42 Å². The molecule has 3 heteroatoms. The van der Waals surface area contributed by atoms with Gasteiger partial charge in [0, 0.05) is 24.4 Å². The normalized spacial score (nSPS) is 24.7. The van der Waals surface area contributed by atoms with Gasteiger partial charge in [-0.3, -0.25) is 9.88 Å². The van der Waals surface area contributed by atoms with Crippen molar-refractivity contribution >= 4 is 0 Å². The fourth-order valence-electron chi connectivity index (χ4n) is 3.94. The molecule has 0 bridgehead atoms. The smallest absolute Gasteiger partial charge is 0.0764 e. The molecule has 104 valence electrons. The van der Waals surface area contributed by atoms with Crippen LogP contribution in [0.4, 0.5) is 0 Å². The molecule has 1 aromatic heterocycles. The Bertz CT molecular complexity index is 394. The zero-order valence-electron chi connectivity index (χ0n) is 11.6. The lowest BCUT2D eigenvalue weighted by molar-refractivity contribution is -0.0172. The van der Waals surface area contributed by atoms with E-state index < -0.39 is 0 Å². The van der Waals surface area contributed by atoms with E-state index in [1.807, 2.05) is 24.5 Å². The summed E-state index contributed by atoms with van der Waals surface area (Å²) in [6, 6.07) is 4.05. The summed E-state index contributed by atoms with van der Waals surface area (Å²) >= 11 is 0. The predicted molar refractivity (Wildman–Crippen MR) is 76.0 cm³/mol. The minimum atomic E-state index is -0.240. The third-order valence-electron chi connectivity index (χ3n) is 5.00. The van der Waals surface area contributed by atoms with Crippen molar-refractivity contribution in [3.05, 3.63) is 30.1 Å². The maximum absolute atomic E-state index is 10.9. The molecule has 1 aliphatic heterocycles. The van der Waals surface area contributed by atoms with E-state index in [0.717, 1.165) is 6.42 Å². The molecule has 1 aliphatic carbocycles. The summed E-state index contributed by atoms with van der Waals surface area (Å²) in [4.78, 5) is 6.63. The topological polar surface area (TPSA) is 36.4 Å². The lowest BCUT2D eigenvalue weighted by Crippen LogP contribution is -2.54. The number of pyridine rings is 1. The van der Waals surface area contributed by atoms with E-state index in [1.54, 1.807) is 0 Å². The van der Waals surface area contributed by atoms with E-state index in [0.29, 0.717) is 0 Å². The third-order valence-corrected chi connectivity index (χ3v) is 5.00. The maximum Gasteiger partial charge on any atom is 0.0764 e. The Morgan fingerprint density at radius 1 is 1.11 bits per heavy atom. The number of likely N-dealkylation sites (tertiary alicyclic amines) is 1. The number of aliphatic hydroxyl groups excluding tert-OH is 1. The van der Waals surface area contributed by atoms with Gasteiger partial charge in [-0.15, -0.1) is 0 Å². The van der Waals surface area contributed by atoms with Gasteiger partial charge >= 0.3 is 0 Å². The molecule has 0 aromatic carbocycles. The molecule has 0 radical (unpaired) electrons. The SMILES string of the molecule is OC(Cc1ccncc1)C1(N2CCCC2)CCCC1. The molecule has 1 atom stereocenters. The summed E-state index contributed by atoms with van der Waals surface area (Å²) in [5, 5.41) is 10.9. The van der Waals surface area contributed by atoms with Gasteiger partial charge in [-0.2, -0.15) is 0 Å². The number of aliphatic hydroxyl groups is 1. The number of nitrogens with zero attached hydrogens (tertiary/aromatic N) is 2. The monoisotopic (exact) mass is 260 g/mol. The highest BCUT2D eigenvalue weighted by molar-refractivity contribution is 5.14. The van der Waals surface area contributed by atoms with Crippen molar-refractivity contribution in [2.45, 2.75) is 56.6 Å². The van der Waals surface area contributed by atoms with Gasteiger partial charge in [-0.05, 0) is 56.5 Å². The first-order chi connectivity index (χ1) is 9.31. The molecule has 0 spiro atoms. The van der Waals surface area contributed by atoms with Gasteiger partial charge in [0.1, 0.15) is 0 Å². The Balaban J connectivity index is 1.76. The van der Waals surface area contributed by atoms with Crippen LogP contribution in [-0.4, -0.2) is 39.7 Å². The fourth-order valence-corrected chi connectivity index (χ4v) is 3.94. The number of rotatable bonds is 4. The molecule has 1 unspecified atom stereocenters. The molecule has 3 rings (SSSR count). The van der Waals surface area contributed by atoms with Gasteiger partial charge in [-0.1, -0.05) is 12.8 Å². The van der Waals surface area contributed by atoms with Crippen LogP contribution in [0, 0.1) is 0 Å². The number of aromatic nitrogens is 1. The highest BCUT2D eigenvalue weighted by Crippen LogP contribution is 2.40. The standard InChI is InChI=1S/C16H24N2O/c19-15(13-14-5-9-17-10-6-14)16(7-1-2-8-16)18-11-3-4-12-18/h5-6,9-10,15,19H,1-4,7-8,11-13H2. The van der Waals surface area contributed by atoms with Gasteiger partial charge in [0.2, 0.25) is 0 Å². The molecular formula is C16H24N2O. The first kappa shape index (κ1) is 13.1. The summed E-state index contributed by atoms with van der Waals surface area (Å²) < 4.78 is 0. The average molecular weight is 260 g/mol. The van der Waals surface area contributed by atoms with E-state index in [4.69, 9.17) is 0 Å². The second-order valence-electron chi connectivity index (χ2n) is 6.08. The van der Waals surface area contributed by atoms with Crippen molar-refractivity contribution in [1.29, 1.82) is 0 Å². The van der Waals surface area contributed by atoms with E-state index in [-0.39, 0.29) is 11.6 Å². The van der Waals surface area contributed by atoms with Crippen molar-refractivity contribution < 1.29 is 5.11 Å². The zero-order chi connectivity index (χ0) is 13.1. The highest BCUT2D eigenvalue weighted by atomic mass is 16.3. The van der Waals surface area contributed by atoms with Gasteiger partial charge < -0.3 is 5.11 Å². The predicted octanol–water partition coefficient (Wildman–Crippen LogP) is 2.39. The molecule has 2 fully saturated rings. The summed E-state index contributed by atoms with van der Waals surface area (Å²) in [6.45, 7) is 2.35. The molecule has 1 saturated carbocycles. The lowest BCUT2D eigenvalue weighted by atomic mass is 9.85. The zero-order valence-corrected chi connectivity index (χ0v) is 11.6. The molecular weight excluding hydrogens is 236 g/mol. The maximum atomic E-state index is 10.9. The Kier molecular flexibility index (Phi) is 3.85. The second-order valence-corrected chi connectivity index (χ2v) is 6.08. The first-order valence-electron chi connectivity index (χ1n) is 7.63. The summed E-state index contributed by atoms with van der Waals surface area (Å²) in [7, 11) is 0. The lowest BCUT2D eigenvalue weighted by Gasteiger charge is -2.42. The molecule has 1 N–H and O–H groups in total. The minimum absolute atomic E-state index is 0.0553. The van der Waals surface area contributed by atoms with Gasteiger partial charge in [0.15, 0.2) is 0 Å². The van der Waals surface area contributed by atoms with Crippen LogP contribution in [0.15, 0.2) is 24.5 Å². The van der Waals surface area contributed by atoms with Crippen molar-refractivity contribution in [2.75, 3.05) is 13.1 Å². The average Bonchev–Trinajstić information content (AvgIpc) is 3.12. The van der Waals surface area contributed by atoms with Crippen LogP contribution in [0.3, 0.4) is 0 Å². The summed E-state index contributed by atoms with van der Waals surface area (Å²) in [5.74, 6) is 0. The largest absolute Gasteiger partial charge is 0.391 e. The molecule has 2 heterocycles. The quantitative estimate of drug-likeness (QED) is 0.903. The van der Waals surface area contributed by atoms with Crippen LogP contribution >= 0.6 is 0 Å². The number of hydrogen-bond acceptors (Lipinski definition) is 3. The van der Waals surface area contributed by atoms with E-state index in [9.17, 15) is 5.11 Å². The molecule has 1 saturated heterocycles. The Labute approximate surface area is 115 Å². The molecule has 3 nitrogen and oxygen atoms in total. The first-order valence-corrected chi connectivity index (χ1v) is 7.63. The van der Waals surface area contributed by atoms with Gasteiger partial charge in [0.25, 0.3) is 0 Å². The fraction of sp³-hybridized carbons (Fsp3) is 0.688. The third kappa shape index (κ3) is 2.54. The minimum Gasteiger partial charge on any atom is -0.391 e. The summed E-state index contributed by atoms with van der Waals surface area (Å²) in [5.41, 5.74) is 1.26. The highest BCUT2D eigenvalue weighted by Gasteiger charge is 2.45. The van der Waals surface area contributed by atoms with Crippen molar-refractivity contribution in [1.82, 2.24) is 9.88 Å².